The molecule has 1 amide bonds. The van der Waals surface area contributed by atoms with Crippen molar-refractivity contribution in [2.24, 2.45) is 0 Å². The number of hydrogen-bond acceptors (Lipinski definition) is 6. The highest BCUT2D eigenvalue weighted by Crippen LogP contribution is 2.24. The number of nitrogens with one attached hydrogen (secondary N) is 2. The summed E-state index contributed by atoms with van der Waals surface area (Å²) in [5.74, 6) is 0.433. The Morgan fingerprint density at radius 1 is 1.17 bits per heavy atom. The summed E-state index contributed by atoms with van der Waals surface area (Å²) < 4.78 is 38.1. The third kappa shape index (κ3) is 6.55. The van der Waals surface area contributed by atoms with Crippen LogP contribution in [0.3, 0.4) is 0 Å². The number of carbonyl (C=O) groups excluding carboxylic acids is 1. The molecule has 1 heterocycles. The van der Waals surface area contributed by atoms with Gasteiger partial charge in [-0.25, -0.2) is 9.78 Å². The molecule has 0 fully saturated rings. The smallest absolute Gasteiger partial charge is 0.410 e. The van der Waals surface area contributed by atoms with Crippen LogP contribution in [0, 0.1) is 0 Å². The number of thiazole rings is 1. The summed E-state index contributed by atoms with van der Waals surface area (Å²) in [6, 6.07) is 14.8. The summed E-state index contributed by atoms with van der Waals surface area (Å²) in [4.78, 5) is 17.0. The molecule has 0 saturated carbocycles. The van der Waals surface area contributed by atoms with Gasteiger partial charge in [-0.2, -0.15) is 8.42 Å². The summed E-state index contributed by atoms with van der Waals surface area (Å²) >= 11 is 1.45. The van der Waals surface area contributed by atoms with Crippen molar-refractivity contribution in [1.82, 2.24) is 10.3 Å². The molecular weight excluding hydrogens is 426 g/mol. The lowest BCUT2D eigenvalue weighted by molar-refractivity contribution is 0.196. The highest BCUT2D eigenvalue weighted by Gasteiger charge is 2.20. The number of amides is 1. The molecule has 0 unspecified atom stereocenters. The quantitative estimate of drug-likeness (QED) is 0.450. The summed E-state index contributed by atoms with van der Waals surface area (Å²) in [6.07, 6.45) is 0.615. The second-order valence-electron chi connectivity index (χ2n) is 6.41. The third-order valence-corrected chi connectivity index (χ3v) is 5.62. The minimum atomic E-state index is -4.33. The van der Waals surface area contributed by atoms with E-state index >= 15 is 0 Å². The predicted molar refractivity (Wildman–Crippen MR) is 115 cm³/mol. The van der Waals surface area contributed by atoms with E-state index in [-0.39, 0.29) is 5.69 Å². The number of hydrogen-bond donors (Lipinski definition) is 3. The number of anilines is 1. The molecule has 0 spiro atoms. The molecule has 3 aromatic rings. The molecule has 0 aliphatic rings. The molecule has 1 atom stereocenters. The number of benzene rings is 2. The van der Waals surface area contributed by atoms with E-state index < -0.39 is 22.4 Å². The molecule has 0 aliphatic heterocycles. The van der Waals surface area contributed by atoms with Crippen LogP contribution in [0.1, 0.15) is 29.2 Å². The van der Waals surface area contributed by atoms with Gasteiger partial charge in [0.1, 0.15) is 10.8 Å². The first kappa shape index (κ1) is 21.8. The average Bonchev–Trinajstić information content (AvgIpc) is 3.18. The van der Waals surface area contributed by atoms with Crippen LogP contribution in [0.5, 0.6) is 5.75 Å². The zero-order chi connectivity index (χ0) is 21.6. The van der Waals surface area contributed by atoms with Crippen LogP contribution in [0.25, 0.3) is 0 Å². The number of aryl methyl sites for hydroxylation is 1. The van der Waals surface area contributed by atoms with Gasteiger partial charge in [0.25, 0.3) is 0 Å². The van der Waals surface area contributed by atoms with Crippen LogP contribution in [0.4, 0.5) is 10.5 Å². The highest BCUT2D eigenvalue weighted by atomic mass is 32.2. The second kappa shape index (κ2) is 9.70. The number of rotatable bonds is 8. The predicted octanol–water partition coefficient (Wildman–Crippen LogP) is 3.99. The van der Waals surface area contributed by atoms with Gasteiger partial charge in [0.2, 0.25) is 0 Å². The first-order valence-corrected chi connectivity index (χ1v) is 11.5. The fourth-order valence-electron chi connectivity index (χ4n) is 2.71. The molecule has 30 heavy (non-hydrogen) atoms. The maximum atomic E-state index is 12.4. The Kier molecular flexibility index (Phi) is 7.03. The third-order valence-electron chi connectivity index (χ3n) is 4.12. The van der Waals surface area contributed by atoms with Crippen molar-refractivity contribution < 1.29 is 22.5 Å². The number of aromatic nitrogens is 1. The lowest BCUT2D eigenvalue weighted by atomic mass is 10.1. The minimum Gasteiger partial charge on any atom is -0.410 e. The number of ether oxygens (including phenoxy) is 1. The van der Waals surface area contributed by atoms with Crippen LogP contribution < -0.4 is 14.8 Å². The topological polar surface area (TPSA) is 118 Å². The molecule has 10 heteroatoms. The number of nitrogens with zero attached hydrogens (tertiary/aromatic N) is 1. The van der Waals surface area contributed by atoms with E-state index in [1.165, 1.54) is 23.5 Å². The molecule has 0 bridgehead atoms. The van der Waals surface area contributed by atoms with Gasteiger partial charge in [-0.3, -0.25) is 9.27 Å². The zero-order valence-electron chi connectivity index (χ0n) is 16.1. The zero-order valence-corrected chi connectivity index (χ0v) is 17.7. The molecule has 3 rings (SSSR count). The molecule has 0 saturated heterocycles. The van der Waals surface area contributed by atoms with Crippen LogP contribution in [-0.4, -0.2) is 24.0 Å². The van der Waals surface area contributed by atoms with Gasteiger partial charge in [-0.05, 0) is 42.7 Å². The minimum absolute atomic E-state index is 0.233. The second-order valence-corrected chi connectivity index (χ2v) is 8.45. The van der Waals surface area contributed by atoms with Gasteiger partial charge < -0.3 is 10.1 Å². The standard InChI is InChI=1S/C20H21N3O5S2/c1-2-15-13-29-19(21-15)18(22-20(24)28-17-6-4-3-5-7-17)12-14-8-10-16(11-9-14)23-30(25,26)27/h3-11,13,18,23H,2,12H2,1H3,(H,22,24)(H,25,26,27)/t18-/m0/s1. The first-order chi connectivity index (χ1) is 14.3. The summed E-state index contributed by atoms with van der Waals surface area (Å²) in [7, 11) is -4.33. The van der Waals surface area contributed by atoms with Crippen molar-refractivity contribution in [3.05, 3.63) is 76.2 Å². The molecule has 158 valence electrons. The normalized spacial score (nSPS) is 12.2. The summed E-state index contributed by atoms with van der Waals surface area (Å²) in [5.41, 5.74) is 2.01. The molecule has 2 aromatic carbocycles. The maximum Gasteiger partial charge on any atom is 0.413 e. The molecule has 3 N–H and O–H groups in total. The van der Waals surface area contributed by atoms with E-state index in [0.717, 1.165) is 22.7 Å². The monoisotopic (exact) mass is 447 g/mol. The molecule has 0 aliphatic carbocycles. The maximum absolute atomic E-state index is 12.4. The fraction of sp³-hybridized carbons (Fsp3) is 0.200. The lowest BCUT2D eigenvalue weighted by Crippen LogP contribution is -2.32. The van der Waals surface area contributed by atoms with Crippen LogP contribution in [0.2, 0.25) is 0 Å². The van der Waals surface area contributed by atoms with Crippen molar-refractivity contribution in [3.8, 4) is 5.75 Å². The highest BCUT2D eigenvalue weighted by molar-refractivity contribution is 7.87. The Morgan fingerprint density at radius 3 is 2.47 bits per heavy atom. The van der Waals surface area contributed by atoms with Crippen LogP contribution >= 0.6 is 11.3 Å². The molecule has 1 aromatic heterocycles. The Hall–Kier alpha value is -2.95. The summed E-state index contributed by atoms with van der Waals surface area (Å²) in [5, 5.41) is 5.55. The number of carbonyl (C=O) groups is 1. The average molecular weight is 448 g/mol. The Morgan fingerprint density at radius 2 is 1.87 bits per heavy atom. The van der Waals surface area contributed by atoms with Crippen molar-refractivity contribution in [2.75, 3.05) is 4.72 Å². The molecule has 8 nitrogen and oxygen atoms in total. The van der Waals surface area contributed by atoms with Crippen LogP contribution in [-0.2, 0) is 23.1 Å². The van der Waals surface area contributed by atoms with Gasteiger partial charge in [0.05, 0.1) is 17.4 Å². The Labute approximate surface area is 178 Å². The van der Waals surface area contributed by atoms with E-state index in [0.29, 0.717) is 12.2 Å². The van der Waals surface area contributed by atoms with Crippen molar-refractivity contribution in [1.29, 1.82) is 0 Å². The summed E-state index contributed by atoms with van der Waals surface area (Å²) in [6.45, 7) is 2.01. The van der Waals surface area contributed by atoms with Gasteiger partial charge in [-0.1, -0.05) is 37.3 Å². The van der Waals surface area contributed by atoms with E-state index in [9.17, 15) is 13.2 Å². The molecular formula is C20H21N3O5S2. The number of para-hydroxylation sites is 1. The van der Waals surface area contributed by atoms with E-state index in [1.54, 1.807) is 36.4 Å². The SMILES string of the molecule is CCc1csc([C@H](Cc2ccc(NS(=O)(=O)O)cc2)NC(=O)Oc2ccccc2)n1. The van der Waals surface area contributed by atoms with Crippen molar-refractivity contribution >= 4 is 33.4 Å². The Balaban J connectivity index is 1.75. The van der Waals surface area contributed by atoms with E-state index in [2.05, 4.69) is 10.3 Å². The van der Waals surface area contributed by atoms with E-state index in [1.807, 2.05) is 23.1 Å². The van der Waals surface area contributed by atoms with Crippen molar-refractivity contribution in [2.45, 2.75) is 25.8 Å². The fourth-order valence-corrected chi connectivity index (χ4v) is 4.09. The van der Waals surface area contributed by atoms with Gasteiger partial charge in [-0.15, -0.1) is 11.3 Å². The molecule has 0 radical (unpaired) electrons. The van der Waals surface area contributed by atoms with Gasteiger partial charge in [0.15, 0.2) is 0 Å². The van der Waals surface area contributed by atoms with Gasteiger partial charge in [0, 0.05) is 5.38 Å². The largest absolute Gasteiger partial charge is 0.413 e. The van der Waals surface area contributed by atoms with E-state index in [4.69, 9.17) is 9.29 Å². The lowest BCUT2D eigenvalue weighted by Gasteiger charge is -2.17. The van der Waals surface area contributed by atoms with Crippen molar-refractivity contribution in [3.63, 3.8) is 0 Å². The Bertz CT molecular complexity index is 1080. The van der Waals surface area contributed by atoms with Crippen LogP contribution in [0.15, 0.2) is 60.0 Å². The first-order valence-electron chi connectivity index (χ1n) is 9.14. The van der Waals surface area contributed by atoms with Gasteiger partial charge >= 0.3 is 16.4 Å².